The minimum Gasteiger partial charge on any atom is -0.489 e. The molecule has 0 aliphatic carbocycles. The zero-order valence-corrected chi connectivity index (χ0v) is 19.5. The molecule has 2 heterocycles. The molecule has 4 rings (SSSR count). The fourth-order valence-electron chi connectivity index (χ4n) is 2.75. The molecule has 0 unspecified atom stereocenters. The molecule has 0 fully saturated rings. The molecule has 32 heavy (non-hydrogen) atoms. The number of nitrogens with zero attached hydrogens (tertiary/aromatic N) is 3. The van der Waals surface area contributed by atoms with Crippen molar-refractivity contribution in [1.82, 2.24) is 5.01 Å². The number of ether oxygens (including phenoxy) is 1. The minimum atomic E-state index is -3.58. The molecule has 0 bridgehead atoms. The summed E-state index contributed by atoms with van der Waals surface area (Å²) in [4.78, 5) is 16.3. The molecule has 0 radical (unpaired) electrons. The highest BCUT2D eigenvalue weighted by molar-refractivity contribution is 8.42. The van der Waals surface area contributed by atoms with Crippen LogP contribution in [0.2, 0.25) is 10.0 Å². The van der Waals surface area contributed by atoms with Crippen LogP contribution >= 0.6 is 35.0 Å². The van der Waals surface area contributed by atoms with E-state index in [1.807, 2.05) is 6.07 Å². The van der Waals surface area contributed by atoms with Crippen molar-refractivity contribution >= 4 is 72.2 Å². The summed E-state index contributed by atoms with van der Waals surface area (Å²) in [6.07, 6.45) is 2.50. The van der Waals surface area contributed by atoms with Gasteiger partial charge < -0.3 is 4.74 Å². The van der Waals surface area contributed by atoms with Crippen LogP contribution in [0.15, 0.2) is 58.1 Å². The molecule has 2 aliphatic rings. The minimum absolute atomic E-state index is 0.00248. The lowest BCUT2D eigenvalue weighted by Crippen LogP contribution is -2.35. The molecule has 2 aromatic carbocycles. The number of rotatable bonds is 4. The summed E-state index contributed by atoms with van der Waals surface area (Å²) in [6.45, 7) is 0.297. The first-order valence-corrected chi connectivity index (χ1v) is 12.5. The summed E-state index contributed by atoms with van der Waals surface area (Å²) >= 11 is 12.7. The number of amides is 1. The quantitative estimate of drug-likeness (QED) is 0.619. The molecule has 2 aliphatic heterocycles. The topological polar surface area (TPSA) is 112 Å². The van der Waals surface area contributed by atoms with Crippen molar-refractivity contribution < 1.29 is 17.9 Å². The molecule has 164 valence electrons. The normalized spacial score (nSPS) is 17.3. The van der Waals surface area contributed by atoms with E-state index in [1.54, 1.807) is 36.4 Å². The largest absolute Gasteiger partial charge is 0.489 e. The highest BCUT2D eigenvalue weighted by Gasteiger charge is 2.38. The maximum Gasteiger partial charge on any atom is 0.283 e. The summed E-state index contributed by atoms with van der Waals surface area (Å²) in [6, 6.07) is 12.1. The number of amidine groups is 2. The number of thioether (sulfide) groups is 1. The lowest BCUT2D eigenvalue weighted by Gasteiger charge is -2.20. The number of benzene rings is 2. The van der Waals surface area contributed by atoms with Crippen molar-refractivity contribution in [2.75, 3.05) is 6.26 Å². The monoisotopic (exact) mass is 508 g/mol. The Hall–Kier alpha value is -2.66. The Bertz CT molecular complexity index is 1340. The smallest absolute Gasteiger partial charge is 0.283 e. The standard InChI is InChI=1S/C20H14Cl2N4O4S2/c1-32(28,29)20-25-26-17(23)14(18(27)24-19(26)31-20)8-11-2-5-13(6-3-11)30-10-12-4-7-15(21)16(22)9-12/h2-9,23H,10H2,1H3/b14-8+,23-17?. The van der Waals surface area contributed by atoms with E-state index >= 15 is 0 Å². The van der Waals surface area contributed by atoms with E-state index in [9.17, 15) is 13.2 Å². The van der Waals surface area contributed by atoms with Gasteiger partial charge in [-0.1, -0.05) is 41.4 Å². The van der Waals surface area contributed by atoms with E-state index in [0.717, 1.165) is 28.6 Å². The molecule has 0 spiro atoms. The second-order valence-corrected chi connectivity index (χ2v) is 10.7. The number of nitrogens with one attached hydrogen (secondary N) is 1. The van der Waals surface area contributed by atoms with Crippen molar-refractivity contribution in [3.8, 4) is 5.75 Å². The molecule has 0 atom stereocenters. The van der Waals surface area contributed by atoms with Gasteiger partial charge in [-0.05, 0) is 53.2 Å². The van der Waals surface area contributed by atoms with Crippen LogP contribution in [-0.2, 0) is 21.2 Å². The number of aliphatic imine (C=N–C) groups is 1. The molecule has 0 saturated carbocycles. The molecule has 2 aromatic rings. The van der Waals surface area contributed by atoms with E-state index < -0.39 is 15.7 Å². The van der Waals surface area contributed by atoms with Gasteiger partial charge in [0.15, 0.2) is 5.84 Å². The fraction of sp³-hybridized carbons (Fsp3) is 0.100. The second-order valence-electron chi connectivity index (χ2n) is 6.76. The third-order valence-electron chi connectivity index (χ3n) is 4.33. The number of hydrogen-bond acceptors (Lipinski definition) is 7. The summed E-state index contributed by atoms with van der Waals surface area (Å²) in [7, 11) is -3.58. The van der Waals surface area contributed by atoms with Gasteiger partial charge in [-0.2, -0.15) is 10.0 Å². The van der Waals surface area contributed by atoms with E-state index in [0.29, 0.717) is 28.0 Å². The third kappa shape index (κ3) is 4.73. The highest BCUT2D eigenvalue weighted by atomic mass is 35.5. The summed E-state index contributed by atoms with van der Waals surface area (Å²) in [5.41, 5.74) is 1.49. The van der Waals surface area contributed by atoms with Gasteiger partial charge in [-0.15, -0.1) is 5.10 Å². The average molecular weight is 509 g/mol. The Morgan fingerprint density at radius 1 is 1.16 bits per heavy atom. The summed E-state index contributed by atoms with van der Waals surface area (Å²) in [5.74, 6) is -0.286. The number of fused-ring (bicyclic) bond motifs is 1. The van der Waals surface area contributed by atoms with Gasteiger partial charge in [0.1, 0.15) is 12.4 Å². The van der Waals surface area contributed by atoms with Crippen LogP contribution < -0.4 is 4.74 Å². The summed E-state index contributed by atoms with van der Waals surface area (Å²) < 4.78 is 29.0. The van der Waals surface area contributed by atoms with Gasteiger partial charge in [-0.25, -0.2) is 8.42 Å². The molecular formula is C20H14Cl2N4O4S2. The maximum atomic E-state index is 12.4. The number of sulfone groups is 1. The van der Waals surface area contributed by atoms with Gasteiger partial charge in [0.2, 0.25) is 19.4 Å². The average Bonchev–Trinajstić information content (AvgIpc) is 3.17. The van der Waals surface area contributed by atoms with Crippen LogP contribution in [0.4, 0.5) is 0 Å². The molecule has 1 amide bonds. The van der Waals surface area contributed by atoms with Crippen LogP contribution in [0.1, 0.15) is 11.1 Å². The zero-order chi connectivity index (χ0) is 23.0. The SMILES string of the molecule is CS(=O)(=O)C1=NN2C(=N)/C(=C\c3ccc(OCc4ccc(Cl)c(Cl)c4)cc3)C(=O)N=C2S1. The number of hydrogen-bond donors (Lipinski definition) is 1. The predicted octanol–water partition coefficient (Wildman–Crippen LogP) is 4.19. The Balaban J connectivity index is 1.49. The molecular weight excluding hydrogens is 495 g/mol. The third-order valence-corrected chi connectivity index (χ3v) is 7.65. The van der Waals surface area contributed by atoms with Gasteiger partial charge in [0, 0.05) is 6.26 Å². The molecule has 0 saturated heterocycles. The van der Waals surface area contributed by atoms with Crippen molar-refractivity contribution in [2.45, 2.75) is 6.61 Å². The van der Waals surface area contributed by atoms with Crippen molar-refractivity contribution in [3.05, 3.63) is 69.2 Å². The van der Waals surface area contributed by atoms with Crippen LogP contribution in [0.3, 0.4) is 0 Å². The van der Waals surface area contributed by atoms with Crippen LogP contribution in [0, 0.1) is 5.41 Å². The molecule has 8 nitrogen and oxygen atoms in total. The van der Waals surface area contributed by atoms with Crippen LogP contribution in [0.25, 0.3) is 6.08 Å². The predicted molar refractivity (Wildman–Crippen MR) is 127 cm³/mol. The van der Waals surface area contributed by atoms with Crippen molar-refractivity contribution in [3.63, 3.8) is 0 Å². The lowest BCUT2D eigenvalue weighted by molar-refractivity contribution is -0.114. The summed E-state index contributed by atoms with van der Waals surface area (Å²) in [5, 5.41) is 14.2. The molecule has 0 aromatic heterocycles. The first-order chi connectivity index (χ1) is 15.1. The fourth-order valence-corrected chi connectivity index (χ4v) is 4.75. The number of halogens is 2. The number of carbonyl (C=O) groups is 1. The maximum absolute atomic E-state index is 12.4. The lowest BCUT2D eigenvalue weighted by atomic mass is 10.1. The van der Waals surface area contributed by atoms with Gasteiger partial charge in [0.25, 0.3) is 5.91 Å². The Morgan fingerprint density at radius 2 is 1.88 bits per heavy atom. The Kier molecular flexibility index (Phi) is 6.13. The highest BCUT2D eigenvalue weighted by Crippen LogP contribution is 2.30. The number of carbonyl (C=O) groups excluding carboxylic acids is 1. The van der Waals surface area contributed by atoms with E-state index in [4.69, 9.17) is 33.3 Å². The first kappa shape index (κ1) is 22.5. The van der Waals surface area contributed by atoms with Crippen molar-refractivity contribution in [1.29, 1.82) is 5.41 Å². The van der Waals surface area contributed by atoms with E-state index in [1.165, 1.54) is 6.08 Å². The Morgan fingerprint density at radius 3 is 2.53 bits per heavy atom. The van der Waals surface area contributed by atoms with Gasteiger partial charge in [0.05, 0.1) is 15.6 Å². The van der Waals surface area contributed by atoms with E-state index in [-0.39, 0.29) is 21.0 Å². The van der Waals surface area contributed by atoms with Crippen molar-refractivity contribution in [2.24, 2.45) is 10.1 Å². The van der Waals surface area contributed by atoms with Gasteiger partial charge in [-0.3, -0.25) is 10.2 Å². The van der Waals surface area contributed by atoms with Crippen LogP contribution in [0.5, 0.6) is 5.75 Å². The first-order valence-electron chi connectivity index (χ1n) is 8.99. The van der Waals surface area contributed by atoms with E-state index in [2.05, 4.69) is 10.1 Å². The molecule has 1 N–H and O–H groups in total. The second kappa shape index (κ2) is 8.70. The van der Waals surface area contributed by atoms with Gasteiger partial charge >= 0.3 is 0 Å². The van der Waals surface area contributed by atoms with Crippen LogP contribution in [-0.4, -0.2) is 41.0 Å². The zero-order valence-electron chi connectivity index (χ0n) is 16.4. The number of hydrazone groups is 1. The molecule has 12 heteroatoms. The Labute approximate surface area is 198 Å².